The van der Waals surface area contributed by atoms with Crippen LogP contribution in [0, 0.1) is 0 Å². The Morgan fingerprint density at radius 3 is 1.66 bits per heavy atom. The van der Waals surface area contributed by atoms with Gasteiger partial charge in [-0.2, -0.15) is 0 Å². The third-order valence-corrected chi connectivity index (χ3v) is 16.9. The van der Waals surface area contributed by atoms with Crippen LogP contribution in [0.4, 0.5) is 17.1 Å². The van der Waals surface area contributed by atoms with E-state index in [2.05, 4.69) is 210 Å². The van der Waals surface area contributed by atoms with Crippen LogP contribution in [0.5, 0.6) is 0 Å². The van der Waals surface area contributed by atoms with Gasteiger partial charge in [0.05, 0.1) is 11.1 Å². The lowest BCUT2D eigenvalue weighted by atomic mass is 9.62. The molecule has 0 N–H and O–H groups in total. The van der Waals surface area contributed by atoms with Gasteiger partial charge in [-0.3, -0.25) is 0 Å². The van der Waals surface area contributed by atoms with E-state index in [-0.39, 0.29) is 16.2 Å². The van der Waals surface area contributed by atoms with Crippen molar-refractivity contribution in [1.29, 1.82) is 0 Å². The highest BCUT2D eigenvalue weighted by atomic mass is 32.1. The van der Waals surface area contributed by atoms with Crippen LogP contribution in [0.15, 0.2) is 164 Å². The summed E-state index contributed by atoms with van der Waals surface area (Å²) in [4.78, 5) is 2.59. The minimum absolute atomic E-state index is 0.112. The van der Waals surface area contributed by atoms with Gasteiger partial charge in [-0.15, -0.1) is 11.3 Å². The van der Waals surface area contributed by atoms with Gasteiger partial charge in [0.1, 0.15) is 0 Å². The molecule has 0 fully saturated rings. The molecule has 1 heterocycles. The fourth-order valence-electron chi connectivity index (χ4n) is 12.5. The molecule has 1 nitrogen and oxygen atoms in total. The van der Waals surface area contributed by atoms with Crippen LogP contribution in [-0.2, 0) is 21.7 Å². The minimum Gasteiger partial charge on any atom is -0.310 e. The van der Waals surface area contributed by atoms with E-state index in [1.165, 1.54) is 128 Å². The highest BCUT2D eigenvalue weighted by Gasteiger charge is 2.52. The molecule has 0 saturated heterocycles. The van der Waals surface area contributed by atoms with E-state index in [0.717, 1.165) is 0 Å². The Kier molecular flexibility index (Phi) is 7.19. The molecule has 1 spiro atoms. The van der Waals surface area contributed by atoms with Crippen molar-refractivity contribution < 1.29 is 0 Å². The zero-order valence-electron chi connectivity index (χ0n) is 36.4. The SMILES string of the molecule is CC1(C)CCC(C)(C)c2cc3c(cc21)-c1cc(N(c2ccc4c(c2)sc2ccccc24)c2cccc4c2-c2ccccc2C42c4ccccc4-c4ccccc42)ccc1C3(C)C. The molecule has 9 aromatic rings. The Bertz CT molecular complexity index is 3360. The van der Waals surface area contributed by atoms with Crippen LogP contribution in [0.25, 0.3) is 53.6 Å². The molecular weight excluding hydrogens is 767 g/mol. The van der Waals surface area contributed by atoms with Crippen LogP contribution in [-0.4, -0.2) is 0 Å². The molecular formula is C60H49NS. The van der Waals surface area contributed by atoms with Gasteiger partial charge in [-0.05, 0) is 138 Å². The fourth-order valence-corrected chi connectivity index (χ4v) is 13.7. The van der Waals surface area contributed by atoms with Crippen molar-refractivity contribution in [2.24, 2.45) is 0 Å². The largest absolute Gasteiger partial charge is 0.310 e. The van der Waals surface area contributed by atoms with Crippen LogP contribution < -0.4 is 4.90 Å². The third kappa shape index (κ3) is 4.58. The quantitative estimate of drug-likeness (QED) is 0.172. The van der Waals surface area contributed by atoms with Gasteiger partial charge in [0, 0.05) is 42.5 Å². The molecule has 62 heavy (non-hydrogen) atoms. The Hall–Kier alpha value is -6.22. The summed E-state index contributed by atoms with van der Waals surface area (Å²) in [5, 5.41) is 2.64. The molecule has 0 atom stereocenters. The first-order valence-corrected chi connectivity index (χ1v) is 23.3. The van der Waals surface area contributed by atoms with Crippen molar-refractivity contribution >= 4 is 48.6 Å². The molecule has 0 saturated carbocycles. The first kappa shape index (κ1) is 36.4. The molecule has 13 rings (SSSR count). The Balaban J connectivity index is 1.09. The van der Waals surface area contributed by atoms with Gasteiger partial charge in [0.2, 0.25) is 0 Å². The average Bonchev–Trinajstić information content (AvgIpc) is 3.97. The Labute approximate surface area is 369 Å². The average molecular weight is 816 g/mol. The number of fused-ring (bicyclic) bond motifs is 17. The number of nitrogens with zero attached hydrogens (tertiary/aromatic N) is 1. The molecule has 2 heteroatoms. The summed E-state index contributed by atoms with van der Waals surface area (Å²) in [6.07, 6.45) is 2.42. The number of rotatable bonds is 3. The summed E-state index contributed by atoms with van der Waals surface area (Å²) in [6.45, 7) is 14.7. The van der Waals surface area contributed by atoms with E-state index in [1.807, 2.05) is 11.3 Å². The second kappa shape index (κ2) is 12.2. The molecule has 4 aliphatic rings. The third-order valence-electron chi connectivity index (χ3n) is 15.7. The molecule has 0 amide bonds. The van der Waals surface area contributed by atoms with E-state index in [0.29, 0.717) is 0 Å². The van der Waals surface area contributed by atoms with Crippen LogP contribution >= 0.6 is 11.3 Å². The summed E-state index contributed by atoms with van der Waals surface area (Å²) in [7, 11) is 0. The molecule has 4 aliphatic carbocycles. The molecule has 0 aliphatic heterocycles. The highest BCUT2D eigenvalue weighted by molar-refractivity contribution is 7.25. The van der Waals surface area contributed by atoms with Crippen molar-refractivity contribution in [3.8, 4) is 33.4 Å². The summed E-state index contributed by atoms with van der Waals surface area (Å²) >= 11 is 1.89. The van der Waals surface area contributed by atoms with E-state index in [9.17, 15) is 0 Å². The van der Waals surface area contributed by atoms with Crippen LogP contribution in [0.1, 0.15) is 98.9 Å². The predicted molar refractivity (Wildman–Crippen MR) is 263 cm³/mol. The van der Waals surface area contributed by atoms with Gasteiger partial charge in [0.15, 0.2) is 0 Å². The van der Waals surface area contributed by atoms with E-state index < -0.39 is 5.41 Å². The maximum Gasteiger partial charge on any atom is 0.0726 e. The summed E-state index contributed by atoms with van der Waals surface area (Å²) in [5.74, 6) is 0. The van der Waals surface area contributed by atoms with Crippen LogP contribution in [0.3, 0.4) is 0 Å². The van der Waals surface area contributed by atoms with Crippen LogP contribution in [0.2, 0.25) is 0 Å². The van der Waals surface area contributed by atoms with Crippen molar-refractivity contribution in [2.45, 2.75) is 76.0 Å². The highest BCUT2D eigenvalue weighted by Crippen LogP contribution is 2.65. The molecule has 1 aromatic heterocycles. The first-order chi connectivity index (χ1) is 30.0. The maximum atomic E-state index is 2.61. The Morgan fingerprint density at radius 1 is 0.387 bits per heavy atom. The number of anilines is 3. The molecule has 0 unspecified atom stereocenters. The van der Waals surface area contributed by atoms with E-state index in [1.54, 1.807) is 0 Å². The van der Waals surface area contributed by atoms with Crippen molar-refractivity contribution in [3.63, 3.8) is 0 Å². The molecule has 8 aromatic carbocycles. The second-order valence-corrected chi connectivity index (χ2v) is 21.4. The summed E-state index contributed by atoms with van der Waals surface area (Å²) < 4.78 is 2.63. The van der Waals surface area contributed by atoms with Crippen molar-refractivity contribution in [3.05, 3.63) is 208 Å². The lowest BCUT2D eigenvalue weighted by molar-refractivity contribution is 0.331. The summed E-state index contributed by atoms with van der Waals surface area (Å²) in [6, 6.07) is 63.2. The smallest absolute Gasteiger partial charge is 0.0726 e. The van der Waals surface area contributed by atoms with Gasteiger partial charge in [0.25, 0.3) is 0 Å². The van der Waals surface area contributed by atoms with Gasteiger partial charge in [-0.1, -0.05) is 163 Å². The number of hydrogen-bond acceptors (Lipinski definition) is 2. The minimum atomic E-state index is -0.420. The van der Waals surface area contributed by atoms with Gasteiger partial charge >= 0.3 is 0 Å². The zero-order valence-corrected chi connectivity index (χ0v) is 37.2. The monoisotopic (exact) mass is 815 g/mol. The normalized spacial score (nSPS) is 17.3. The van der Waals surface area contributed by atoms with E-state index in [4.69, 9.17) is 0 Å². The Morgan fingerprint density at radius 2 is 0.935 bits per heavy atom. The van der Waals surface area contributed by atoms with Crippen molar-refractivity contribution in [1.82, 2.24) is 0 Å². The fraction of sp³-hybridized carbons (Fsp3) is 0.200. The predicted octanol–water partition coefficient (Wildman–Crippen LogP) is 16.5. The van der Waals surface area contributed by atoms with Gasteiger partial charge in [-0.25, -0.2) is 0 Å². The topological polar surface area (TPSA) is 3.24 Å². The standard InChI is InChI=1S/C60H49NS/c1-57(2)30-31-58(3,4)52-35-50-44(34-51(52)57)43-32-36(27-29-45(43)59(50,5)6)61(37-26-28-41-40-18-10-14-25-54(40)62-55(41)33-37)53-24-15-23-49-56(53)42-19-9-13-22-48(42)60(49)46-20-11-7-16-38(46)39-17-8-12-21-47(39)60/h7-29,32-35H,30-31H2,1-6H3. The molecule has 0 radical (unpaired) electrons. The lowest BCUT2D eigenvalue weighted by Gasteiger charge is -2.42. The lowest BCUT2D eigenvalue weighted by Crippen LogP contribution is -2.34. The number of hydrogen-bond donors (Lipinski definition) is 0. The molecule has 0 bridgehead atoms. The summed E-state index contributed by atoms with van der Waals surface area (Å²) in [5.41, 5.74) is 22.7. The number of thiophene rings is 1. The zero-order chi connectivity index (χ0) is 41.9. The second-order valence-electron chi connectivity index (χ2n) is 20.3. The van der Waals surface area contributed by atoms with Gasteiger partial charge < -0.3 is 4.90 Å². The maximum absolute atomic E-state index is 2.61. The first-order valence-electron chi connectivity index (χ1n) is 22.5. The van der Waals surface area contributed by atoms with Crippen molar-refractivity contribution in [2.75, 3.05) is 4.90 Å². The number of benzene rings is 8. The van der Waals surface area contributed by atoms with E-state index >= 15 is 0 Å². The molecule has 300 valence electrons.